The monoisotopic (exact) mass is 437 g/mol. The summed E-state index contributed by atoms with van der Waals surface area (Å²) in [6, 6.07) is 11.7. The van der Waals surface area contributed by atoms with E-state index < -0.39 is 21.7 Å². The van der Waals surface area contributed by atoms with Crippen molar-refractivity contribution in [1.82, 2.24) is 9.62 Å². The number of thiocarbonyl (C=S) groups is 1. The van der Waals surface area contributed by atoms with Gasteiger partial charge in [-0.2, -0.15) is 4.31 Å². The minimum absolute atomic E-state index is 0.0209. The zero-order chi connectivity index (χ0) is 21.4. The predicted octanol–water partition coefficient (Wildman–Crippen LogP) is 3.76. The van der Waals surface area contributed by atoms with Crippen molar-refractivity contribution in [2.75, 3.05) is 18.4 Å². The minimum Gasteiger partial charge on any atom is -0.332 e. The average molecular weight is 438 g/mol. The van der Waals surface area contributed by atoms with Crippen molar-refractivity contribution in [3.05, 3.63) is 59.9 Å². The van der Waals surface area contributed by atoms with Crippen LogP contribution in [0, 0.1) is 5.82 Å². The number of halogens is 1. The molecule has 0 saturated heterocycles. The van der Waals surface area contributed by atoms with E-state index in [1.807, 2.05) is 13.8 Å². The van der Waals surface area contributed by atoms with Crippen LogP contribution in [-0.4, -0.2) is 36.8 Å². The molecule has 1 amide bonds. The van der Waals surface area contributed by atoms with Crippen LogP contribution in [0.15, 0.2) is 53.4 Å². The molecule has 0 aliphatic heterocycles. The lowest BCUT2D eigenvalue weighted by molar-refractivity contribution is 0.0974. The smallest absolute Gasteiger partial charge is 0.260 e. The van der Waals surface area contributed by atoms with Crippen LogP contribution in [0.1, 0.15) is 37.0 Å². The molecule has 0 saturated carbocycles. The molecule has 0 radical (unpaired) electrons. The van der Waals surface area contributed by atoms with Crippen LogP contribution in [0.3, 0.4) is 0 Å². The average Bonchev–Trinajstić information content (AvgIpc) is 2.68. The number of carbonyl (C=O) groups is 1. The lowest BCUT2D eigenvalue weighted by Crippen LogP contribution is -2.34. The van der Waals surface area contributed by atoms with Gasteiger partial charge in [0.15, 0.2) is 5.11 Å². The molecule has 0 heterocycles. The quantitative estimate of drug-likeness (QED) is 0.615. The molecule has 0 aromatic heterocycles. The SMILES string of the molecule is CCCN(CCC)S(=O)(=O)c1ccc(NC(=S)NC(=O)c2ccccc2F)cc1. The van der Waals surface area contributed by atoms with E-state index in [-0.39, 0.29) is 15.6 Å². The Kier molecular flexibility index (Phi) is 8.24. The summed E-state index contributed by atoms with van der Waals surface area (Å²) in [6.07, 6.45) is 1.46. The highest BCUT2D eigenvalue weighted by atomic mass is 32.2. The van der Waals surface area contributed by atoms with Crippen molar-refractivity contribution in [3.8, 4) is 0 Å². The zero-order valence-corrected chi connectivity index (χ0v) is 17.9. The molecule has 6 nitrogen and oxygen atoms in total. The Morgan fingerprint density at radius 1 is 1.03 bits per heavy atom. The summed E-state index contributed by atoms with van der Waals surface area (Å²) in [5, 5.41) is 5.16. The molecule has 0 atom stereocenters. The maximum Gasteiger partial charge on any atom is 0.260 e. The second kappa shape index (κ2) is 10.4. The fourth-order valence-electron chi connectivity index (χ4n) is 2.69. The van der Waals surface area contributed by atoms with Gasteiger partial charge in [0.2, 0.25) is 10.0 Å². The predicted molar refractivity (Wildman–Crippen MR) is 116 cm³/mol. The lowest BCUT2D eigenvalue weighted by Gasteiger charge is -2.21. The Bertz CT molecular complexity index is 957. The fourth-order valence-corrected chi connectivity index (χ4v) is 4.52. The van der Waals surface area contributed by atoms with E-state index in [1.54, 1.807) is 18.2 Å². The van der Waals surface area contributed by atoms with Gasteiger partial charge in [-0.3, -0.25) is 10.1 Å². The van der Waals surface area contributed by atoms with Crippen molar-refractivity contribution in [1.29, 1.82) is 0 Å². The van der Waals surface area contributed by atoms with Gasteiger partial charge >= 0.3 is 0 Å². The van der Waals surface area contributed by atoms with Crippen molar-refractivity contribution in [3.63, 3.8) is 0 Å². The van der Waals surface area contributed by atoms with Gasteiger partial charge in [-0.15, -0.1) is 0 Å². The van der Waals surface area contributed by atoms with Crippen LogP contribution in [0.4, 0.5) is 10.1 Å². The molecule has 156 valence electrons. The summed E-state index contributed by atoms with van der Waals surface area (Å²) in [4.78, 5) is 12.3. The highest BCUT2D eigenvalue weighted by Crippen LogP contribution is 2.19. The van der Waals surface area contributed by atoms with Crippen molar-refractivity contribution >= 4 is 38.9 Å². The van der Waals surface area contributed by atoms with E-state index in [0.29, 0.717) is 18.8 Å². The number of sulfonamides is 1. The first-order valence-corrected chi connectivity index (χ1v) is 11.1. The number of anilines is 1. The normalized spacial score (nSPS) is 11.3. The molecule has 2 rings (SSSR count). The van der Waals surface area contributed by atoms with Crippen LogP contribution >= 0.6 is 12.2 Å². The van der Waals surface area contributed by atoms with Gasteiger partial charge in [-0.25, -0.2) is 12.8 Å². The Balaban J connectivity index is 2.05. The van der Waals surface area contributed by atoms with Gasteiger partial charge in [0.25, 0.3) is 5.91 Å². The number of nitrogens with one attached hydrogen (secondary N) is 2. The van der Waals surface area contributed by atoms with E-state index in [1.165, 1.54) is 34.6 Å². The van der Waals surface area contributed by atoms with Crippen LogP contribution in [0.2, 0.25) is 0 Å². The second-order valence-corrected chi connectivity index (χ2v) is 8.66. The molecule has 0 fully saturated rings. The third kappa shape index (κ3) is 6.06. The third-order valence-electron chi connectivity index (χ3n) is 4.04. The van der Waals surface area contributed by atoms with Gasteiger partial charge in [0.05, 0.1) is 10.5 Å². The first-order chi connectivity index (χ1) is 13.8. The minimum atomic E-state index is -3.57. The Labute approximate surface area is 176 Å². The summed E-state index contributed by atoms with van der Waals surface area (Å²) in [5.41, 5.74) is 0.380. The first kappa shape index (κ1) is 22.9. The number of carbonyl (C=O) groups excluding carboxylic acids is 1. The Morgan fingerprint density at radius 3 is 2.17 bits per heavy atom. The van der Waals surface area contributed by atoms with E-state index in [4.69, 9.17) is 12.2 Å². The number of nitrogens with zero attached hydrogens (tertiary/aromatic N) is 1. The van der Waals surface area contributed by atoms with E-state index in [0.717, 1.165) is 12.8 Å². The van der Waals surface area contributed by atoms with Crippen molar-refractivity contribution in [2.24, 2.45) is 0 Å². The topological polar surface area (TPSA) is 78.5 Å². The molecular formula is C20H24FN3O3S2. The lowest BCUT2D eigenvalue weighted by atomic mass is 10.2. The van der Waals surface area contributed by atoms with Gasteiger partial charge in [0.1, 0.15) is 5.82 Å². The maximum absolute atomic E-state index is 13.7. The molecule has 0 aliphatic carbocycles. The van der Waals surface area contributed by atoms with Crippen LogP contribution in [0.25, 0.3) is 0 Å². The number of amides is 1. The molecule has 0 bridgehead atoms. The van der Waals surface area contributed by atoms with Crippen molar-refractivity contribution in [2.45, 2.75) is 31.6 Å². The Hall–Kier alpha value is -2.36. The van der Waals surface area contributed by atoms with Gasteiger partial charge in [0, 0.05) is 18.8 Å². The van der Waals surface area contributed by atoms with Crippen LogP contribution < -0.4 is 10.6 Å². The molecule has 2 N–H and O–H groups in total. The Morgan fingerprint density at radius 2 is 1.62 bits per heavy atom. The van der Waals surface area contributed by atoms with Gasteiger partial charge < -0.3 is 5.32 Å². The summed E-state index contributed by atoms with van der Waals surface area (Å²) < 4.78 is 40.7. The number of rotatable bonds is 8. The van der Waals surface area contributed by atoms with E-state index in [9.17, 15) is 17.6 Å². The molecule has 9 heteroatoms. The fraction of sp³-hybridized carbons (Fsp3) is 0.300. The summed E-state index contributed by atoms with van der Waals surface area (Å²) >= 11 is 5.08. The molecule has 2 aromatic carbocycles. The molecular weight excluding hydrogens is 413 g/mol. The molecule has 29 heavy (non-hydrogen) atoms. The first-order valence-electron chi connectivity index (χ1n) is 9.26. The van der Waals surface area contributed by atoms with Crippen molar-refractivity contribution < 1.29 is 17.6 Å². The molecule has 0 aliphatic rings. The molecule has 0 spiro atoms. The summed E-state index contributed by atoms with van der Waals surface area (Å²) in [7, 11) is -3.57. The number of benzene rings is 2. The van der Waals surface area contributed by atoms with Gasteiger partial charge in [-0.05, 0) is 61.5 Å². The standard InChI is InChI=1S/C20H24FN3O3S2/c1-3-13-24(14-4-2)29(26,27)16-11-9-15(10-12-16)22-20(28)23-19(25)17-7-5-6-8-18(17)21/h5-12H,3-4,13-14H2,1-2H3,(H2,22,23,25,28). The highest BCUT2D eigenvalue weighted by molar-refractivity contribution is 7.89. The summed E-state index contributed by atoms with van der Waals surface area (Å²) in [5.74, 6) is -1.32. The van der Waals surface area contributed by atoms with Crippen LogP contribution in [-0.2, 0) is 10.0 Å². The third-order valence-corrected chi connectivity index (χ3v) is 6.16. The van der Waals surface area contributed by atoms with Gasteiger partial charge in [-0.1, -0.05) is 26.0 Å². The van der Waals surface area contributed by atoms with Crippen LogP contribution in [0.5, 0.6) is 0 Å². The number of hydrogen-bond acceptors (Lipinski definition) is 4. The summed E-state index contributed by atoms with van der Waals surface area (Å²) in [6.45, 7) is 4.79. The van der Waals surface area contributed by atoms with E-state index >= 15 is 0 Å². The van der Waals surface area contributed by atoms with E-state index in [2.05, 4.69) is 10.6 Å². The largest absolute Gasteiger partial charge is 0.332 e. The second-order valence-electron chi connectivity index (χ2n) is 6.32. The zero-order valence-electron chi connectivity index (χ0n) is 16.3. The molecule has 2 aromatic rings. The highest BCUT2D eigenvalue weighted by Gasteiger charge is 2.22. The molecule has 0 unspecified atom stereocenters. The number of hydrogen-bond donors (Lipinski definition) is 2. The maximum atomic E-state index is 13.7.